The second kappa shape index (κ2) is 7.87. The van der Waals surface area contributed by atoms with Gasteiger partial charge in [-0.3, -0.25) is 0 Å². The molecule has 1 fully saturated rings. The van der Waals surface area contributed by atoms with E-state index in [-0.39, 0.29) is 31.0 Å². The molecule has 0 saturated carbocycles. The monoisotopic (exact) mass is 310 g/mol. The van der Waals surface area contributed by atoms with E-state index in [0.29, 0.717) is 19.5 Å². The maximum Gasteiger partial charge on any atom is 0.389 e. The average molecular weight is 310 g/mol. The number of rotatable bonds is 6. The molecule has 0 atom stereocenters. The Morgan fingerprint density at radius 3 is 2.38 bits per heavy atom. The van der Waals surface area contributed by atoms with E-state index in [1.165, 1.54) is 0 Å². The first-order valence-electron chi connectivity index (χ1n) is 7.52. The number of piperidine rings is 1. The molecule has 0 spiro atoms. The van der Waals surface area contributed by atoms with Gasteiger partial charge in [0, 0.05) is 32.7 Å². The van der Waals surface area contributed by atoms with Crippen molar-refractivity contribution in [1.29, 1.82) is 0 Å². The summed E-state index contributed by atoms with van der Waals surface area (Å²) in [5.41, 5.74) is -0.0799. The Hall–Kier alpha value is -0.980. The van der Waals surface area contributed by atoms with E-state index in [2.05, 4.69) is 5.32 Å². The Kier molecular flexibility index (Phi) is 6.77. The SMILES string of the molecule is CCC1(CO)CCN(C(=O)NCCCCC(F)(F)F)CC1. The maximum atomic E-state index is 12.0. The van der Waals surface area contributed by atoms with Crippen molar-refractivity contribution in [2.75, 3.05) is 26.2 Å². The van der Waals surface area contributed by atoms with Crippen LogP contribution in [0.15, 0.2) is 0 Å². The molecule has 21 heavy (non-hydrogen) atoms. The van der Waals surface area contributed by atoms with Crippen molar-refractivity contribution in [2.24, 2.45) is 5.41 Å². The average Bonchev–Trinajstić information content (AvgIpc) is 2.45. The van der Waals surface area contributed by atoms with Crippen molar-refractivity contribution in [3.05, 3.63) is 0 Å². The molecular weight excluding hydrogens is 285 g/mol. The molecule has 0 radical (unpaired) electrons. The summed E-state index contributed by atoms with van der Waals surface area (Å²) in [4.78, 5) is 13.5. The molecule has 7 heteroatoms. The largest absolute Gasteiger partial charge is 0.396 e. The van der Waals surface area contributed by atoms with Gasteiger partial charge >= 0.3 is 12.2 Å². The molecule has 1 heterocycles. The fraction of sp³-hybridized carbons (Fsp3) is 0.929. The fourth-order valence-electron chi connectivity index (χ4n) is 2.57. The molecule has 124 valence electrons. The van der Waals surface area contributed by atoms with E-state index < -0.39 is 12.6 Å². The maximum absolute atomic E-state index is 12.0. The summed E-state index contributed by atoms with van der Waals surface area (Å²) in [5.74, 6) is 0. The molecule has 1 saturated heterocycles. The van der Waals surface area contributed by atoms with Crippen LogP contribution in [0, 0.1) is 5.41 Å². The number of hydrogen-bond acceptors (Lipinski definition) is 2. The van der Waals surface area contributed by atoms with Gasteiger partial charge in [0.2, 0.25) is 0 Å². The Balaban J connectivity index is 2.20. The highest BCUT2D eigenvalue weighted by Gasteiger charge is 2.33. The number of nitrogens with zero attached hydrogens (tertiary/aromatic N) is 1. The highest BCUT2D eigenvalue weighted by Crippen LogP contribution is 2.34. The van der Waals surface area contributed by atoms with E-state index in [1.807, 2.05) is 6.92 Å². The van der Waals surface area contributed by atoms with Gasteiger partial charge in [0.15, 0.2) is 0 Å². The number of aliphatic hydroxyl groups is 1. The standard InChI is InChI=1S/C14H25F3N2O2/c1-2-13(11-20)6-9-19(10-7-13)12(21)18-8-4-3-5-14(15,16)17/h20H,2-11H2,1H3,(H,18,21). The van der Waals surface area contributed by atoms with Gasteiger partial charge < -0.3 is 15.3 Å². The second-order valence-corrected chi connectivity index (χ2v) is 5.80. The van der Waals surface area contributed by atoms with Crippen LogP contribution >= 0.6 is 0 Å². The molecule has 0 aromatic carbocycles. The minimum Gasteiger partial charge on any atom is -0.396 e. The summed E-state index contributed by atoms with van der Waals surface area (Å²) in [6.45, 7) is 3.61. The van der Waals surface area contributed by atoms with Gasteiger partial charge in [-0.2, -0.15) is 13.2 Å². The molecule has 0 aliphatic carbocycles. The van der Waals surface area contributed by atoms with Crippen molar-refractivity contribution < 1.29 is 23.1 Å². The lowest BCUT2D eigenvalue weighted by molar-refractivity contribution is -0.135. The molecule has 1 rings (SSSR count). The molecule has 4 nitrogen and oxygen atoms in total. The van der Waals surface area contributed by atoms with Gasteiger partial charge in [0.05, 0.1) is 0 Å². The number of aliphatic hydroxyl groups excluding tert-OH is 1. The van der Waals surface area contributed by atoms with Crippen LogP contribution in [-0.2, 0) is 0 Å². The number of unbranched alkanes of at least 4 members (excludes halogenated alkanes) is 1. The summed E-state index contributed by atoms with van der Waals surface area (Å²) in [6, 6.07) is -0.218. The highest BCUT2D eigenvalue weighted by molar-refractivity contribution is 5.74. The number of amides is 2. The molecule has 0 bridgehead atoms. The third kappa shape index (κ3) is 6.11. The summed E-state index contributed by atoms with van der Waals surface area (Å²) >= 11 is 0. The van der Waals surface area contributed by atoms with E-state index in [0.717, 1.165) is 19.3 Å². The Morgan fingerprint density at radius 2 is 1.90 bits per heavy atom. The number of halogens is 3. The van der Waals surface area contributed by atoms with Crippen molar-refractivity contribution in [1.82, 2.24) is 10.2 Å². The lowest BCUT2D eigenvalue weighted by Crippen LogP contribution is -2.48. The van der Waals surface area contributed by atoms with Gasteiger partial charge in [-0.25, -0.2) is 4.79 Å². The number of alkyl halides is 3. The number of urea groups is 1. The number of carbonyl (C=O) groups excluding carboxylic acids is 1. The van der Waals surface area contributed by atoms with Crippen LogP contribution in [0.5, 0.6) is 0 Å². The normalized spacial score (nSPS) is 18.6. The van der Waals surface area contributed by atoms with E-state index >= 15 is 0 Å². The van der Waals surface area contributed by atoms with Gasteiger partial charge in [0.1, 0.15) is 0 Å². The zero-order valence-corrected chi connectivity index (χ0v) is 12.5. The van der Waals surface area contributed by atoms with Crippen molar-refractivity contribution in [3.63, 3.8) is 0 Å². The predicted molar refractivity (Wildman–Crippen MR) is 73.9 cm³/mol. The van der Waals surface area contributed by atoms with Crippen LogP contribution in [0.2, 0.25) is 0 Å². The Labute approximate surface area is 123 Å². The molecule has 2 amide bonds. The van der Waals surface area contributed by atoms with Crippen molar-refractivity contribution in [2.45, 2.75) is 51.6 Å². The van der Waals surface area contributed by atoms with Gasteiger partial charge in [0.25, 0.3) is 0 Å². The Morgan fingerprint density at radius 1 is 1.29 bits per heavy atom. The van der Waals surface area contributed by atoms with Gasteiger partial charge in [-0.15, -0.1) is 0 Å². The highest BCUT2D eigenvalue weighted by atomic mass is 19.4. The fourth-order valence-corrected chi connectivity index (χ4v) is 2.57. The topological polar surface area (TPSA) is 52.6 Å². The van der Waals surface area contributed by atoms with Crippen LogP contribution < -0.4 is 5.32 Å². The quantitative estimate of drug-likeness (QED) is 0.741. The number of carbonyl (C=O) groups is 1. The van der Waals surface area contributed by atoms with Crippen LogP contribution in [-0.4, -0.2) is 48.5 Å². The molecule has 2 N–H and O–H groups in total. The zero-order valence-electron chi connectivity index (χ0n) is 12.5. The smallest absolute Gasteiger partial charge is 0.389 e. The van der Waals surface area contributed by atoms with Crippen molar-refractivity contribution >= 4 is 6.03 Å². The lowest BCUT2D eigenvalue weighted by Gasteiger charge is -2.40. The van der Waals surface area contributed by atoms with Crippen LogP contribution in [0.25, 0.3) is 0 Å². The lowest BCUT2D eigenvalue weighted by atomic mass is 9.77. The third-order valence-electron chi connectivity index (χ3n) is 4.36. The molecule has 0 unspecified atom stereocenters. The summed E-state index contributed by atoms with van der Waals surface area (Å²) in [7, 11) is 0. The molecule has 1 aliphatic rings. The van der Waals surface area contributed by atoms with Gasteiger partial charge in [-0.05, 0) is 37.5 Å². The molecular formula is C14H25F3N2O2. The third-order valence-corrected chi connectivity index (χ3v) is 4.36. The van der Waals surface area contributed by atoms with Crippen LogP contribution in [0.4, 0.5) is 18.0 Å². The Bertz CT molecular complexity index is 321. The first kappa shape index (κ1) is 18.1. The van der Waals surface area contributed by atoms with E-state index in [4.69, 9.17) is 0 Å². The molecule has 0 aromatic rings. The zero-order chi connectivity index (χ0) is 15.9. The first-order chi connectivity index (χ1) is 9.82. The first-order valence-corrected chi connectivity index (χ1v) is 7.52. The van der Waals surface area contributed by atoms with E-state index in [1.54, 1.807) is 4.90 Å². The molecule has 0 aromatic heterocycles. The van der Waals surface area contributed by atoms with Gasteiger partial charge in [-0.1, -0.05) is 6.92 Å². The van der Waals surface area contributed by atoms with E-state index in [9.17, 15) is 23.1 Å². The summed E-state index contributed by atoms with van der Waals surface area (Å²) < 4.78 is 35.9. The number of likely N-dealkylation sites (tertiary alicyclic amines) is 1. The predicted octanol–water partition coefficient (Wildman–Crippen LogP) is 2.91. The number of nitrogens with one attached hydrogen (secondary N) is 1. The molecule has 1 aliphatic heterocycles. The van der Waals surface area contributed by atoms with Crippen LogP contribution in [0.1, 0.15) is 45.4 Å². The minimum atomic E-state index is -4.12. The van der Waals surface area contributed by atoms with Crippen molar-refractivity contribution in [3.8, 4) is 0 Å². The minimum absolute atomic E-state index is 0.0350. The summed E-state index contributed by atoms with van der Waals surface area (Å²) in [5, 5.41) is 12.1. The number of hydrogen-bond donors (Lipinski definition) is 2. The summed E-state index contributed by atoms with van der Waals surface area (Å²) in [6.07, 6.45) is -2.14. The van der Waals surface area contributed by atoms with Crippen LogP contribution in [0.3, 0.4) is 0 Å². The second-order valence-electron chi connectivity index (χ2n) is 5.80.